The minimum atomic E-state index is -2.56. The van der Waals surface area contributed by atoms with Crippen LogP contribution < -0.4 is 0 Å². The zero-order chi connectivity index (χ0) is 53.9. The van der Waals surface area contributed by atoms with Gasteiger partial charge in [0.25, 0.3) is 0 Å². The Morgan fingerprint density at radius 1 is 0.743 bits per heavy atom. The lowest BCUT2D eigenvalue weighted by Crippen LogP contribution is -2.67. The van der Waals surface area contributed by atoms with Crippen molar-refractivity contribution in [3.8, 4) is 0 Å². The second-order valence-corrected chi connectivity index (χ2v) is 33.4. The second-order valence-electron chi connectivity index (χ2n) is 23.2. The Kier molecular flexibility index (Phi) is 22.4. The highest BCUT2D eigenvalue weighted by molar-refractivity contribution is 6.77. The predicted octanol–water partition coefficient (Wildman–Crippen LogP) is 11.7. The van der Waals surface area contributed by atoms with Gasteiger partial charge in [0.15, 0.2) is 26.5 Å². The van der Waals surface area contributed by atoms with E-state index in [0.717, 1.165) is 35.7 Å². The van der Waals surface area contributed by atoms with Crippen LogP contribution >= 0.6 is 0 Å². The molecule has 420 valence electrons. The van der Waals surface area contributed by atoms with Crippen LogP contribution in [0.15, 0.2) is 60.7 Å². The summed E-state index contributed by atoms with van der Waals surface area (Å²) in [5.41, 5.74) is 0.956. The highest BCUT2D eigenvalue weighted by Crippen LogP contribution is 2.49. The van der Waals surface area contributed by atoms with E-state index < -0.39 is 64.2 Å². The molecule has 0 amide bonds. The molecule has 0 aliphatic carbocycles. The van der Waals surface area contributed by atoms with Gasteiger partial charge in [-0.2, -0.15) is 0 Å². The van der Waals surface area contributed by atoms with Crippen LogP contribution in [0.4, 0.5) is 0 Å². The van der Waals surface area contributed by atoms with Crippen molar-refractivity contribution in [2.75, 3.05) is 40.8 Å². The number of esters is 1. The van der Waals surface area contributed by atoms with Gasteiger partial charge in [0.1, 0.15) is 18.5 Å². The van der Waals surface area contributed by atoms with Gasteiger partial charge in [-0.05, 0) is 92.8 Å². The Hall–Kier alpha value is -2.14. The maximum Gasteiger partial charge on any atom is 0.334 e. The average molecular weight is 1070 g/mol. The van der Waals surface area contributed by atoms with Crippen LogP contribution in [0.3, 0.4) is 0 Å². The molecule has 4 fully saturated rings. The van der Waals surface area contributed by atoms with Gasteiger partial charge in [0.05, 0.1) is 82.4 Å². The van der Waals surface area contributed by atoms with E-state index in [-0.39, 0.29) is 79.7 Å². The first kappa shape index (κ1) is 61.1. The van der Waals surface area contributed by atoms with E-state index in [1.807, 2.05) is 81.4 Å². The summed E-state index contributed by atoms with van der Waals surface area (Å²) in [5.74, 6) is -0.903. The van der Waals surface area contributed by atoms with Gasteiger partial charge in [-0.25, -0.2) is 4.79 Å². The first-order valence-corrected chi connectivity index (χ1v) is 32.6. The monoisotopic (exact) mass is 1070 g/mol. The summed E-state index contributed by atoms with van der Waals surface area (Å²) in [4.78, 5) is 14.2. The number of hydrogen-bond donors (Lipinski definition) is 0. The first-order chi connectivity index (χ1) is 35.2. The molecule has 0 aromatic heterocycles. The summed E-state index contributed by atoms with van der Waals surface area (Å²) in [7, 11) is -1.62. The Balaban J connectivity index is 1.29. The van der Waals surface area contributed by atoms with Crippen molar-refractivity contribution in [2.24, 2.45) is 5.92 Å². The minimum absolute atomic E-state index is 0.111. The van der Waals surface area contributed by atoms with Crippen LogP contribution in [0.25, 0.3) is 0 Å². The van der Waals surface area contributed by atoms with Crippen LogP contribution in [0.2, 0.25) is 34.8 Å². The summed E-state index contributed by atoms with van der Waals surface area (Å²) in [5, 5.41) is 0. The van der Waals surface area contributed by atoms with Crippen molar-refractivity contribution >= 4 is 22.6 Å². The Morgan fingerprint density at radius 2 is 1.34 bits per heavy atom. The number of rotatable bonds is 29. The van der Waals surface area contributed by atoms with Crippen LogP contribution in [-0.2, 0) is 79.0 Å². The third-order valence-electron chi connectivity index (χ3n) is 16.9. The number of carbonyl (C=O) groups excluding carboxylic acids is 1. The van der Waals surface area contributed by atoms with E-state index in [1.54, 1.807) is 7.11 Å². The van der Waals surface area contributed by atoms with Gasteiger partial charge < -0.3 is 61.0 Å². The second kappa shape index (κ2) is 27.2. The number of hydrogen-bond acceptors (Lipinski definition) is 14. The van der Waals surface area contributed by atoms with E-state index in [0.29, 0.717) is 38.9 Å². The van der Waals surface area contributed by atoms with E-state index in [1.165, 1.54) is 7.11 Å². The predicted molar refractivity (Wildman–Crippen MR) is 291 cm³/mol. The van der Waals surface area contributed by atoms with Gasteiger partial charge >= 0.3 is 5.97 Å². The van der Waals surface area contributed by atoms with Crippen molar-refractivity contribution in [1.29, 1.82) is 0 Å². The SMILES string of the molecule is CC[Si](CC)(CC)O[C@H]1[C@@H](OCOC)C[C@@H](CC2COC(C)(C)OC2)O[C@@H]1C[C@@H]1O[C@@]1(C)CC[C@H](O[C@@H]1[C@H](O[Si](C(C)C)(C(C)C)C(C)C)CO[C@@H](OCc2ccccc2)[C@]1(C)OCc1ccccc1)C(=O)OC. The Labute approximate surface area is 447 Å². The van der Waals surface area contributed by atoms with Crippen molar-refractivity contribution in [3.05, 3.63) is 71.8 Å². The fourth-order valence-electron chi connectivity index (χ4n) is 12.2. The lowest BCUT2D eigenvalue weighted by atomic mass is 9.88. The molecule has 74 heavy (non-hydrogen) atoms. The molecule has 0 saturated carbocycles. The molecule has 2 aromatic carbocycles. The maximum absolute atomic E-state index is 14.2. The lowest BCUT2D eigenvalue weighted by Gasteiger charge is -2.53. The zero-order valence-corrected chi connectivity index (χ0v) is 49.9. The van der Waals surface area contributed by atoms with Gasteiger partial charge in [-0.15, -0.1) is 0 Å². The third-order valence-corrected chi connectivity index (χ3v) is 27.6. The standard InChI is InChI=1S/C58H96O14Si2/c1-16-73(17-2,18-3)72-52-48(64-39-60-14)32-46(31-45-36-65-56(10,11)66-37-45)68-49(52)33-51-57(12,70-51)30-29-47(54(59)61-15)69-53-50(71-74(40(4)5,41(6)7)42(8)9)38-63-55(62-34-43-25-21-19-22-26-43)58(53,13)67-35-44-27-23-20-24-28-44/h19-28,40-42,45-53,55H,16-18,29-39H2,1-15H3/t46-,47+,48+,49-,50-,51+,52+,53-,55-,57+,58-/m1/s1. The average Bonchev–Trinajstić information content (AvgIpc) is 4.03. The van der Waals surface area contributed by atoms with E-state index in [9.17, 15) is 4.79 Å². The molecule has 0 spiro atoms. The zero-order valence-electron chi connectivity index (χ0n) is 47.9. The highest BCUT2D eigenvalue weighted by atomic mass is 28.4. The summed E-state index contributed by atoms with van der Waals surface area (Å²) >= 11 is 0. The molecule has 0 unspecified atom stereocenters. The Bertz CT molecular complexity index is 1930. The molecule has 11 atom stereocenters. The molecule has 6 rings (SSSR count). The van der Waals surface area contributed by atoms with E-state index >= 15 is 0 Å². The van der Waals surface area contributed by atoms with Crippen molar-refractivity contribution in [2.45, 2.75) is 242 Å². The highest BCUT2D eigenvalue weighted by Gasteiger charge is 2.60. The summed E-state index contributed by atoms with van der Waals surface area (Å²) in [6.45, 7) is 30.4. The van der Waals surface area contributed by atoms with Gasteiger partial charge in [-0.1, -0.05) is 123 Å². The number of methoxy groups -OCH3 is 2. The summed E-state index contributed by atoms with van der Waals surface area (Å²) in [6, 6.07) is 23.0. The molecule has 0 radical (unpaired) electrons. The van der Waals surface area contributed by atoms with E-state index in [4.69, 9.17) is 61.0 Å². The largest absolute Gasteiger partial charge is 0.467 e. The fourth-order valence-corrected chi connectivity index (χ4v) is 20.6. The van der Waals surface area contributed by atoms with Crippen molar-refractivity contribution < 1.29 is 65.8 Å². The van der Waals surface area contributed by atoms with Gasteiger partial charge in [-0.3, -0.25) is 0 Å². The summed E-state index contributed by atoms with van der Waals surface area (Å²) < 4.78 is 86.4. The number of benzene rings is 2. The normalized spacial score (nSPS) is 30.2. The van der Waals surface area contributed by atoms with Crippen LogP contribution in [0.1, 0.15) is 133 Å². The molecular weight excluding hydrogens is 977 g/mol. The smallest absolute Gasteiger partial charge is 0.334 e. The summed E-state index contributed by atoms with van der Waals surface area (Å²) in [6.07, 6.45) is -1.55. The molecule has 4 saturated heterocycles. The third kappa shape index (κ3) is 15.2. The Morgan fingerprint density at radius 3 is 1.89 bits per heavy atom. The van der Waals surface area contributed by atoms with Crippen molar-refractivity contribution in [1.82, 2.24) is 0 Å². The molecule has 4 heterocycles. The fraction of sp³-hybridized carbons (Fsp3) is 0.776. The molecule has 4 aliphatic heterocycles. The topological polar surface area (TPSA) is 140 Å². The van der Waals surface area contributed by atoms with Crippen LogP contribution in [0, 0.1) is 5.92 Å². The minimum Gasteiger partial charge on any atom is -0.467 e. The van der Waals surface area contributed by atoms with Gasteiger partial charge in [0.2, 0.25) is 8.32 Å². The quantitative estimate of drug-likeness (QED) is 0.0330. The number of epoxide rings is 1. The van der Waals surface area contributed by atoms with E-state index in [2.05, 4.69) is 69.2 Å². The molecule has 4 aliphatic rings. The number of carbonyl (C=O) groups is 1. The maximum atomic E-state index is 14.2. The molecular formula is C58H96O14Si2. The van der Waals surface area contributed by atoms with Crippen LogP contribution in [-0.4, -0.2) is 136 Å². The first-order valence-electron chi connectivity index (χ1n) is 28.0. The number of ether oxygens (including phenoxy) is 11. The molecule has 16 heteroatoms. The molecule has 0 bridgehead atoms. The molecule has 0 N–H and O–H groups in total. The molecule has 2 aromatic rings. The van der Waals surface area contributed by atoms with Crippen LogP contribution in [0.5, 0.6) is 0 Å². The van der Waals surface area contributed by atoms with Gasteiger partial charge in [0, 0.05) is 25.9 Å². The molecule has 14 nitrogen and oxygen atoms in total. The lowest BCUT2D eigenvalue weighted by molar-refractivity contribution is -0.338. The van der Waals surface area contributed by atoms with Crippen molar-refractivity contribution in [3.63, 3.8) is 0 Å².